The van der Waals surface area contributed by atoms with E-state index >= 15 is 0 Å². The molecule has 1 aliphatic carbocycles. The number of hydrazone groups is 1. The maximum absolute atomic E-state index is 5.94. The number of nitrogens with one attached hydrogen (secondary N) is 2. The van der Waals surface area contributed by atoms with Crippen LogP contribution < -0.4 is 10.7 Å². The normalized spacial score (nSPS) is 18.6. The lowest BCUT2D eigenvalue weighted by atomic mass is 9.77. The van der Waals surface area contributed by atoms with Crippen LogP contribution in [0.25, 0.3) is 0 Å². The predicted molar refractivity (Wildman–Crippen MR) is 103 cm³/mol. The highest BCUT2D eigenvalue weighted by molar-refractivity contribution is 7.80. The van der Waals surface area contributed by atoms with E-state index in [1.165, 1.54) is 18.4 Å². The van der Waals surface area contributed by atoms with Gasteiger partial charge in [-0.1, -0.05) is 35.4 Å². The number of halogens is 1. The monoisotopic (exact) mass is 349 g/mol. The van der Waals surface area contributed by atoms with Gasteiger partial charge in [-0.2, -0.15) is 5.10 Å². The molecule has 0 unspecified atom stereocenters. The van der Waals surface area contributed by atoms with Crippen LogP contribution in [0, 0.1) is 5.92 Å². The molecule has 0 aliphatic heterocycles. The molecule has 1 aliphatic rings. The van der Waals surface area contributed by atoms with E-state index in [0.717, 1.165) is 12.0 Å². The molecular formula is C18H24ClN3S. The Kier molecular flexibility index (Phi) is 6.19. The predicted octanol–water partition coefficient (Wildman–Crippen LogP) is 4.66. The van der Waals surface area contributed by atoms with Crippen LogP contribution >= 0.6 is 23.8 Å². The maximum Gasteiger partial charge on any atom is 0.187 e. The van der Waals surface area contributed by atoms with E-state index in [1.807, 2.05) is 24.3 Å². The van der Waals surface area contributed by atoms with Crippen LogP contribution in [0.4, 0.5) is 0 Å². The second-order valence-electron chi connectivity index (χ2n) is 6.62. The van der Waals surface area contributed by atoms with Gasteiger partial charge >= 0.3 is 0 Å². The van der Waals surface area contributed by atoms with Crippen LogP contribution in [0.1, 0.15) is 45.6 Å². The van der Waals surface area contributed by atoms with Crippen LogP contribution in [0.5, 0.6) is 0 Å². The minimum absolute atomic E-state index is 0.0626. The first-order valence-corrected chi connectivity index (χ1v) is 8.68. The van der Waals surface area contributed by atoms with E-state index in [9.17, 15) is 0 Å². The summed E-state index contributed by atoms with van der Waals surface area (Å²) in [5, 5.41) is 8.80. The number of allylic oxidation sites excluding steroid dienone is 2. The Balaban J connectivity index is 1.86. The van der Waals surface area contributed by atoms with Gasteiger partial charge in [0, 0.05) is 10.6 Å². The van der Waals surface area contributed by atoms with E-state index in [2.05, 4.69) is 42.7 Å². The molecule has 2 rings (SSSR count). The minimum atomic E-state index is -0.0626. The highest BCUT2D eigenvalue weighted by Gasteiger charge is 2.30. The zero-order valence-corrected chi connectivity index (χ0v) is 15.5. The summed E-state index contributed by atoms with van der Waals surface area (Å²) in [6, 6.07) is 7.52. The van der Waals surface area contributed by atoms with E-state index in [1.54, 1.807) is 6.21 Å². The van der Waals surface area contributed by atoms with Crippen molar-refractivity contribution < 1.29 is 0 Å². The Morgan fingerprint density at radius 1 is 1.43 bits per heavy atom. The van der Waals surface area contributed by atoms with Crippen LogP contribution in [0.3, 0.4) is 0 Å². The molecule has 124 valence electrons. The summed E-state index contributed by atoms with van der Waals surface area (Å²) in [4.78, 5) is 0. The van der Waals surface area contributed by atoms with Gasteiger partial charge in [0.15, 0.2) is 5.11 Å². The maximum atomic E-state index is 5.94. The molecule has 0 saturated heterocycles. The molecule has 0 bridgehead atoms. The number of hydrogen-bond acceptors (Lipinski definition) is 2. The molecule has 23 heavy (non-hydrogen) atoms. The Morgan fingerprint density at radius 3 is 2.87 bits per heavy atom. The molecule has 0 saturated carbocycles. The Hall–Kier alpha value is -1.39. The molecule has 1 aromatic rings. The molecule has 2 N–H and O–H groups in total. The minimum Gasteiger partial charge on any atom is -0.356 e. The highest BCUT2D eigenvalue weighted by atomic mass is 35.5. The molecule has 0 aromatic heterocycles. The summed E-state index contributed by atoms with van der Waals surface area (Å²) in [6.45, 7) is 6.59. The molecule has 5 heteroatoms. The summed E-state index contributed by atoms with van der Waals surface area (Å²) < 4.78 is 0. The summed E-state index contributed by atoms with van der Waals surface area (Å²) in [7, 11) is 0. The number of benzene rings is 1. The summed E-state index contributed by atoms with van der Waals surface area (Å²) in [5.41, 5.74) is 5.24. The number of nitrogens with zero attached hydrogens (tertiary/aromatic N) is 1. The Labute approximate surface area is 149 Å². The van der Waals surface area contributed by atoms with E-state index in [-0.39, 0.29) is 5.54 Å². The van der Waals surface area contributed by atoms with Crippen molar-refractivity contribution in [3.8, 4) is 0 Å². The molecule has 0 radical (unpaired) electrons. The third-order valence-corrected chi connectivity index (χ3v) is 4.75. The fraction of sp³-hybridized carbons (Fsp3) is 0.444. The lowest BCUT2D eigenvalue weighted by Crippen LogP contribution is -2.52. The van der Waals surface area contributed by atoms with Gasteiger partial charge in [0.2, 0.25) is 0 Å². The van der Waals surface area contributed by atoms with Crippen molar-refractivity contribution in [3.05, 3.63) is 46.5 Å². The van der Waals surface area contributed by atoms with Crippen molar-refractivity contribution >= 4 is 35.1 Å². The van der Waals surface area contributed by atoms with Gasteiger partial charge in [0.1, 0.15) is 0 Å². The van der Waals surface area contributed by atoms with Gasteiger partial charge in [0.25, 0.3) is 0 Å². The lowest BCUT2D eigenvalue weighted by molar-refractivity contribution is 0.265. The molecule has 0 amide bonds. The molecular weight excluding hydrogens is 326 g/mol. The van der Waals surface area contributed by atoms with Crippen LogP contribution in [0.2, 0.25) is 5.02 Å². The average Bonchev–Trinajstić information content (AvgIpc) is 2.47. The molecule has 1 atom stereocenters. The Bertz CT molecular complexity index is 622. The fourth-order valence-corrected chi connectivity index (χ4v) is 3.31. The number of thiocarbonyl (C=S) groups is 1. The van der Waals surface area contributed by atoms with E-state index in [4.69, 9.17) is 23.8 Å². The summed E-state index contributed by atoms with van der Waals surface area (Å²) in [6.07, 6.45) is 7.50. The lowest BCUT2D eigenvalue weighted by Gasteiger charge is -2.37. The van der Waals surface area contributed by atoms with Crippen LogP contribution in [-0.2, 0) is 0 Å². The van der Waals surface area contributed by atoms with Crippen molar-refractivity contribution in [2.45, 2.75) is 45.6 Å². The van der Waals surface area contributed by atoms with E-state index in [0.29, 0.717) is 16.1 Å². The Morgan fingerprint density at radius 2 is 2.22 bits per heavy atom. The van der Waals surface area contributed by atoms with Gasteiger partial charge in [-0.25, -0.2) is 0 Å². The van der Waals surface area contributed by atoms with Crippen molar-refractivity contribution in [2.75, 3.05) is 0 Å². The number of rotatable bonds is 4. The van der Waals surface area contributed by atoms with Crippen molar-refractivity contribution in [3.63, 3.8) is 0 Å². The van der Waals surface area contributed by atoms with Gasteiger partial charge in [-0.05, 0) is 75.9 Å². The average molecular weight is 350 g/mol. The summed E-state index contributed by atoms with van der Waals surface area (Å²) >= 11 is 11.3. The van der Waals surface area contributed by atoms with E-state index < -0.39 is 0 Å². The van der Waals surface area contributed by atoms with Crippen molar-refractivity contribution in [1.29, 1.82) is 0 Å². The third kappa shape index (κ3) is 5.63. The second kappa shape index (κ2) is 7.93. The summed E-state index contributed by atoms with van der Waals surface area (Å²) in [5.74, 6) is 0.572. The van der Waals surface area contributed by atoms with Crippen molar-refractivity contribution in [1.82, 2.24) is 10.7 Å². The van der Waals surface area contributed by atoms with Crippen LogP contribution in [0.15, 0.2) is 41.0 Å². The fourth-order valence-electron chi connectivity index (χ4n) is 2.80. The molecule has 0 fully saturated rings. The second-order valence-corrected chi connectivity index (χ2v) is 7.47. The van der Waals surface area contributed by atoms with Gasteiger partial charge in [-0.3, -0.25) is 5.43 Å². The SMILES string of the molecule is CC1=CC[C@H](C(C)(C)NC(=S)N/N=C/c2cccc(Cl)c2)CC1. The van der Waals surface area contributed by atoms with Gasteiger partial charge in [0.05, 0.1) is 6.21 Å². The first-order chi connectivity index (χ1) is 10.9. The first kappa shape index (κ1) is 18.0. The molecule has 0 heterocycles. The highest BCUT2D eigenvalue weighted by Crippen LogP contribution is 2.31. The quantitative estimate of drug-likeness (QED) is 0.359. The van der Waals surface area contributed by atoms with Crippen LogP contribution in [-0.4, -0.2) is 16.9 Å². The number of hydrogen-bond donors (Lipinski definition) is 2. The smallest absolute Gasteiger partial charge is 0.187 e. The molecule has 3 nitrogen and oxygen atoms in total. The zero-order valence-electron chi connectivity index (χ0n) is 13.9. The van der Waals surface area contributed by atoms with Crippen molar-refractivity contribution in [2.24, 2.45) is 11.0 Å². The topological polar surface area (TPSA) is 36.4 Å². The third-order valence-electron chi connectivity index (χ3n) is 4.32. The standard InChI is InChI=1S/C18H24ClN3S/c1-13-7-9-15(10-8-13)18(2,3)21-17(23)22-20-12-14-5-4-6-16(19)11-14/h4-7,11-12,15H,8-10H2,1-3H3,(H2,21,22,23)/b20-12+/t15-/m0/s1. The zero-order chi connectivity index (χ0) is 16.9. The largest absolute Gasteiger partial charge is 0.356 e. The molecule has 0 spiro atoms. The molecule has 1 aromatic carbocycles. The first-order valence-electron chi connectivity index (χ1n) is 7.89. The van der Waals surface area contributed by atoms with Gasteiger partial charge < -0.3 is 5.32 Å². The van der Waals surface area contributed by atoms with Gasteiger partial charge in [-0.15, -0.1) is 0 Å².